The van der Waals surface area contributed by atoms with Crippen molar-refractivity contribution < 1.29 is 19.1 Å². The van der Waals surface area contributed by atoms with Crippen LogP contribution in [0.2, 0.25) is 5.02 Å². The number of amides is 1. The molecule has 7 heteroatoms. The highest BCUT2D eigenvalue weighted by molar-refractivity contribution is 7.99. The number of ether oxygens (including phenoxy) is 2. The van der Waals surface area contributed by atoms with E-state index in [-0.39, 0.29) is 11.3 Å². The topological polar surface area (TPSA) is 55.8 Å². The number of esters is 1. The average molecular weight is 392 g/mol. The highest BCUT2D eigenvalue weighted by atomic mass is 35.5. The maximum Gasteiger partial charge on any atom is 0.329 e. The van der Waals surface area contributed by atoms with Crippen LogP contribution in [0.15, 0.2) is 48.5 Å². The molecular formula is C19H18ClNO4S. The molecule has 3 rings (SSSR count). The largest absolute Gasteiger partial charge is 0.497 e. The Balaban J connectivity index is 1.95. The number of hydrogen-bond donors (Lipinski definition) is 0. The molecule has 2 atom stereocenters. The second kappa shape index (κ2) is 8.01. The van der Waals surface area contributed by atoms with E-state index in [2.05, 4.69) is 0 Å². The third-order valence-electron chi connectivity index (χ3n) is 4.20. The van der Waals surface area contributed by atoms with E-state index in [0.29, 0.717) is 22.1 Å². The summed E-state index contributed by atoms with van der Waals surface area (Å²) in [5, 5.41) is 0.334. The van der Waals surface area contributed by atoms with Crippen LogP contribution in [-0.2, 0) is 9.53 Å². The molecule has 2 aromatic rings. The van der Waals surface area contributed by atoms with E-state index >= 15 is 0 Å². The van der Waals surface area contributed by atoms with Crippen LogP contribution in [0.4, 0.5) is 0 Å². The van der Waals surface area contributed by atoms with E-state index in [1.165, 1.54) is 18.9 Å². The van der Waals surface area contributed by atoms with Gasteiger partial charge in [-0.15, -0.1) is 11.8 Å². The molecule has 1 aliphatic rings. The smallest absolute Gasteiger partial charge is 0.329 e. The Labute approximate surface area is 161 Å². The molecule has 0 radical (unpaired) electrons. The lowest BCUT2D eigenvalue weighted by Crippen LogP contribution is -2.43. The first-order chi connectivity index (χ1) is 12.5. The van der Waals surface area contributed by atoms with Gasteiger partial charge in [-0.1, -0.05) is 23.7 Å². The highest BCUT2D eigenvalue weighted by Crippen LogP contribution is 2.42. The third kappa shape index (κ3) is 3.66. The first-order valence-electron chi connectivity index (χ1n) is 7.96. The molecule has 1 aliphatic heterocycles. The van der Waals surface area contributed by atoms with Gasteiger partial charge in [0.1, 0.15) is 17.2 Å². The van der Waals surface area contributed by atoms with Gasteiger partial charge in [0.2, 0.25) is 0 Å². The van der Waals surface area contributed by atoms with E-state index in [9.17, 15) is 9.59 Å². The minimum Gasteiger partial charge on any atom is -0.497 e. The van der Waals surface area contributed by atoms with Crippen LogP contribution in [0.1, 0.15) is 21.3 Å². The van der Waals surface area contributed by atoms with Crippen molar-refractivity contribution in [1.82, 2.24) is 4.90 Å². The molecule has 0 saturated carbocycles. The Bertz CT molecular complexity index is 794. The predicted molar refractivity (Wildman–Crippen MR) is 102 cm³/mol. The summed E-state index contributed by atoms with van der Waals surface area (Å²) >= 11 is 7.50. The van der Waals surface area contributed by atoms with Crippen molar-refractivity contribution in [3.05, 3.63) is 64.7 Å². The highest BCUT2D eigenvalue weighted by Gasteiger charge is 2.43. The van der Waals surface area contributed by atoms with Gasteiger partial charge in [0, 0.05) is 16.3 Å². The van der Waals surface area contributed by atoms with Crippen molar-refractivity contribution in [2.75, 3.05) is 20.0 Å². The van der Waals surface area contributed by atoms with Crippen molar-refractivity contribution in [2.45, 2.75) is 11.4 Å². The molecule has 0 bridgehead atoms. The molecule has 5 nitrogen and oxygen atoms in total. The summed E-state index contributed by atoms with van der Waals surface area (Å²) in [4.78, 5) is 27.0. The molecule has 1 heterocycles. The normalized spacial score (nSPS) is 19.3. The van der Waals surface area contributed by atoms with Gasteiger partial charge < -0.3 is 14.4 Å². The van der Waals surface area contributed by atoms with Crippen molar-refractivity contribution in [3.8, 4) is 5.75 Å². The lowest BCUT2D eigenvalue weighted by atomic mass is 10.1. The second-order valence-electron chi connectivity index (χ2n) is 5.72. The summed E-state index contributed by atoms with van der Waals surface area (Å²) in [5.74, 6) is 0.488. The van der Waals surface area contributed by atoms with Crippen LogP contribution >= 0.6 is 23.4 Å². The fourth-order valence-electron chi connectivity index (χ4n) is 2.84. The zero-order chi connectivity index (χ0) is 18.7. The van der Waals surface area contributed by atoms with E-state index in [4.69, 9.17) is 21.1 Å². The Kier molecular flexibility index (Phi) is 5.74. The van der Waals surface area contributed by atoms with Crippen LogP contribution in [0.5, 0.6) is 5.75 Å². The fourth-order valence-corrected chi connectivity index (χ4v) is 4.38. The first kappa shape index (κ1) is 18.6. The zero-order valence-electron chi connectivity index (χ0n) is 14.3. The number of carbonyl (C=O) groups is 2. The number of hydrogen-bond acceptors (Lipinski definition) is 5. The van der Waals surface area contributed by atoms with Gasteiger partial charge in [0.15, 0.2) is 0 Å². The molecule has 2 aromatic carbocycles. The molecular weight excluding hydrogens is 374 g/mol. The SMILES string of the molecule is COC(=O)[C@H]1CS[C@@H](c2ccc(Cl)cc2)N1C(=O)c1ccc(OC)cc1. The molecule has 0 spiro atoms. The van der Waals surface area contributed by atoms with E-state index < -0.39 is 12.0 Å². The zero-order valence-corrected chi connectivity index (χ0v) is 15.9. The molecule has 0 aromatic heterocycles. The first-order valence-corrected chi connectivity index (χ1v) is 9.39. The lowest BCUT2D eigenvalue weighted by molar-refractivity contribution is -0.145. The number of halogens is 1. The van der Waals surface area contributed by atoms with Gasteiger partial charge in [-0.05, 0) is 42.0 Å². The Hall–Kier alpha value is -2.18. The van der Waals surface area contributed by atoms with Crippen molar-refractivity contribution in [1.29, 1.82) is 0 Å². The van der Waals surface area contributed by atoms with Crippen LogP contribution in [0.3, 0.4) is 0 Å². The summed E-state index contributed by atoms with van der Waals surface area (Å²) in [6, 6.07) is 13.5. The molecule has 1 fully saturated rings. The molecule has 1 saturated heterocycles. The Morgan fingerprint density at radius 2 is 1.73 bits per heavy atom. The molecule has 0 N–H and O–H groups in total. The lowest BCUT2D eigenvalue weighted by Gasteiger charge is -2.28. The van der Waals surface area contributed by atoms with Crippen molar-refractivity contribution in [2.24, 2.45) is 0 Å². The molecule has 0 aliphatic carbocycles. The number of benzene rings is 2. The maximum absolute atomic E-state index is 13.2. The van der Waals surface area contributed by atoms with Crippen LogP contribution in [-0.4, -0.2) is 42.8 Å². The van der Waals surface area contributed by atoms with E-state index in [1.54, 1.807) is 48.4 Å². The van der Waals surface area contributed by atoms with Crippen molar-refractivity contribution in [3.63, 3.8) is 0 Å². The summed E-state index contributed by atoms with van der Waals surface area (Å²) in [7, 11) is 2.90. The summed E-state index contributed by atoms with van der Waals surface area (Å²) in [5.41, 5.74) is 1.40. The molecule has 136 valence electrons. The van der Waals surface area contributed by atoms with Gasteiger partial charge in [0.05, 0.1) is 14.2 Å². The molecule has 1 amide bonds. The minimum atomic E-state index is -0.639. The number of rotatable bonds is 4. The summed E-state index contributed by atoms with van der Waals surface area (Å²) in [6.45, 7) is 0. The number of thioether (sulfide) groups is 1. The monoisotopic (exact) mass is 391 g/mol. The van der Waals surface area contributed by atoms with E-state index in [0.717, 1.165) is 5.56 Å². The van der Waals surface area contributed by atoms with Gasteiger partial charge in [-0.2, -0.15) is 0 Å². The third-order valence-corrected chi connectivity index (χ3v) is 5.78. The standard InChI is InChI=1S/C19H18ClNO4S/c1-24-15-9-5-12(6-10-15)17(22)21-16(19(23)25-2)11-26-18(21)13-3-7-14(20)8-4-13/h3-10,16,18H,11H2,1-2H3/t16-,18+/m1/s1. The van der Waals surface area contributed by atoms with Gasteiger partial charge in [-0.3, -0.25) is 4.79 Å². The molecule has 0 unspecified atom stereocenters. The Morgan fingerprint density at radius 3 is 2.31 bits per heavy atom. The number of carbonyl (C=O) groups excluding carboxylic acids is 2. The second-order valence-corrected chi connectivity index (χ2v) is 7.27. The molecule has 26 heavy (non-hydrogen) atoms. The fraction of sp³-hybridized carbons (Fsp3) is 0.263. The van der Waals surface area contributed by atoms with Gasteiger partial charge >= 0.3 is 5.97 Å². The van der Waals surface area contributed by atoms with Crippen LogP contribution in [0, 0.1) is 0 Å². The average Bonchev–Trinajstić information content (AvgIpc) is 3.12. The maximum atomic E-state index is 13.2. The predicted octanol–water partition coefficient (Wildman–Crippen LogP) is 3.78. The quantitative estimate of drug-likeness (QED) is 0.742. The Morgan fingerprint density at radius 1 is 1.08 bits per heavy atom. The minimum absolute atomic E-state index is 0.229. The number of methoxy groups -OCH3 is 2. The van der Waals surface area contributed by atoms with Gasteiger partial charge in [-0.25, -0.2) is 4.79 Å². The van der Waals surface area contributed by atoms with Crippen LogP contribution < -0.4 is 4.74 Å². The van der Waals surface area contributed by atoms with Crippen LogP contribution in [0.25, 0.3) is 0 Å². The summed E-state index contributed by atoms with van der Waals surface area (Å²) < 4.78 is 10.0. The van der Waals surface area contributed by atoms with E-state index in [1.807, 2.05) is 12.1 Å². The van der Waals surface area contributed by atoms with Crippen molar-refractivity contribution >= 4 is 35.2 Å². The van der Waals surface area contributed by atoms with Gasteiger partial charge in [0.25, 0.3) is 5.91 Å². The number of nitrogens with zero attached hydrogens (tertiary/aromatic N) is 1. The summed E-state index contributed by atoms with van der Waals surface area (Å²) in [6.07, 6.45) is 0.